The molecule has 0 aliphatic heterocycles. The van der Waals surface area contributed by atoms with Gasteiger partial charge in [0.2, 0.25) is 0 Å². The molecular formula is C12H14F3NO3. The highest BCUT2D eigenvalue weighted by Gasteiger charge is 2.32. The lowest BCUT2D eigenvalue weighted by molar-refractivity contribution is -0.274. The van der Waals surface area contributed by atoms with Crippen molar-refractivity contribution in [3.63, 3.8) is 0 Å². The Kier molecular flexibility index (Phi) is 5.02. The van der Waals surface area contributed by atoms with Crippen LogP contribution in [-0.4, -0.2) is 18.9 Å². The second kappa shape index (κ2) is 6.31. The smallest absolute Gasteiger partial charge is 0.462 e. The third-order valence-corrected chi connectivity index (χ3v) is 2.20. The van der Waals surface area contributed by atoms with Gasteiger partial charge >= 0.3 is 12.3 Å². The highest BCUT2D eigenvalue weighted by Crippen LogP contribution is 2.29. The molecule has 0 saturated heterocycles. The molecule has 0 radical (unpaired) electrons. The van der Waals surface area contributed by atoms with Gasteiger partial charge in [0, 0.05) is 0 Å². The first-order valence-corrected chi connectivity index (χ1v) is 5.66. The van der Waals surface area contributed by atoms with Gasteiger partial charge in [0.05, 0.1) is 17.9 Å². The summed E-state index contributed by atoms with van der Waals surface area (Å²) in [4.78, 5) is 11.5. The summed E-state index contributed by atoms with van der Waals surface area (Å²) in [7, 11) is 0. The molecule has 7 heteroatoms. The molecule has 1 aromatic carbocycles. The van der Waals surface area contributed by atoms with Crippen LogP contribution in [0.2, 0.25) is 0 Å². The Hall–Kier alpha value is -1.92. The van der Waals surface area contributed by atoms with Crippen molar-refractivity contribution in [1.82, 2.24) is 0 Å². The average Bonchev–Trinajstić information content (AvgIpc) is 2.30. The number of nitrogen functional groups attached to an aromatic ring is 1. The minimum atomic E-state index is -4.82. The van der Waals surface area contributed by atoms with Crippen LogP contribution >= 0.6 is 0 Å². The van der Waals surface area contributed by atoms with E-state index < -0.39 is 18.1 Å². The van der Waals surface area contributed by atoms with Gasteiger partial charge in [0.25, 0.3) is 0 Å². The molecule has 1 rings (SSSR count). The highest BCUT2D eigenvalue weighted by molar-refractivity contribution is 5.91. The third kappa shape index (κ3) is 5.07. The number of benzene rings is 1. The quantitative estimate of drug-likeness (QED) is 0.510. The molecule has 0 bridgehead atoms. The second-order valence-electron chi connectivity index (χ2n) is 3.79. The van der Waals surface area contributed by atoms with Crippen molar-refractivity contribution in [2.24, 2.45) is 0 Å². The van der Waals surface area contributed by atoms with Gasteiger partial charge in [-0.15, -0.1) is 13.2 Å². The molecule has 0 aliphatic rings. The number of unbranched alkanes of at least 4 members (excludes halogenated alkanes) is 1. The van der Waals surface area contributed by atoms with Crippen molar-refractivity contribution in [3.8, 4) is 5.75 Å². The second-order valence-corrected chi connectivity index (χ2v) is 3.79. The standard InChI is InChI=1S/C12H14F3NO3/c1-2-3-6-18-11(17)8-4-5-10(9(16)7-8)19-12(13,14)15/h4-5,7H,2-3,6,16H2,1H3. The van der Waals surface area contributed by atoms with Crippen LogP contribution in [0.1, 0.15) is 30.1 Å². The fourth-order valence-corrected chi connectivity index (χ4v) is 1.29. The average molecular weight is 277 g/mol. The van der Waals surface area contributed by atoms with E-state index in [1.54, 1.807) is 0 Å². The number of carbonyl (C=O) groups excluding carboxylic acids is 1. The van der Waals surface area contributed by atoms with Crippen LogP contribution in [0, 0.1) is 0 Å². The van der Waals surface area contributed by atoms with Crippen LogP contribution in [0.4, 0.5) is 18.9 Å². The zero-order valence-electron chi connectivity index (χ0n) is 10.3. The number of nitrogens with two attached hydrogens (primary N) is 1. The van der Waals surface area contributed by atoms with Crippen LogP contribution in [0.5, 0.6) is 5.75 Å². The van der Waals surface area contributed by atoms with Gasteiger partial charge in [-0.05, 0) is 24.6 Å². The molecule has 0 unspecified atom stereocenters. The predicted octanol–water partition coefficient (Wildman–Crippen LogP) is 3.12. The van der Waals surface area contributed by atoms with Gasteiger partial charge in [0.15, 0.2) is 5.75 Å². The molecular weight excluding hydrogens is 263 g/mol. The SMILES string of the molecule is CCCCOC(=O)c1ccc(OC(F)(F)F)c(N)c1. The maximum absolute atomic E-state index is 12.0. The lowest BCUT2D eigenvalue weighted by Crippen LogP contribution is -2.18. The van der Waals surface area contributed by atoms with E-state index in [9.17, 15) is 18.0 Å². The molecule has 0 saturated carbocycles. The zero-order valence-corrected chi connectivity index (χ0v) is 10.3. The summed E-state index contributed by atoms with van der Waals surface area (Å²) in [5.74, 6) is -1.17. The molecule has 4 nitrogen and oxygen atoms in total. The lowest BCUT2D eigenvalue weighted by atomic mass is 10.2. The first-order valence-electron chi connectivity index (χ1n) is 5.66. The molecule has 0 aliphatic carbocycles. The van der Waals surface area contributed by atoms with Crippen molar-refractivity contribution in [3.05, 3.63) is 23.8 Å². The monoisotopic (exact) mass is 277 g/mol. The zero-order chi connectivity index (χ0) is 14.5. The van der Waals surface area contributed by atoms with Crippen molar-refractivity contribution >= 4 is 11.7 Å². The first-order chi connectivity index (χ1) is 8.83. The maximum Gasteiger partial charge on any atom is 0.573 e. The summed E-state index contributed by atoms with van der Waals surface area (Å²) < 4.78 is 44.6. The molecule has 0 fully saturated rings. The van der Waals surface area contributed by atoms with Crippen LogP contribution in [0.25, 0.3) is 0 Å². The number of alkyl halides is 3. The topological polar surface area (TPSA) is 61.5 Å². The Morgan fingerprint density at radius 3 is 2.58 bits per heavy atom. The van der Waals surface area contributed by atoms with E-state index in [-0.39, 0.29) is 17.9 Å². The van der Waals surface area contributed by atoms with Gasteiger partial charge in [-0.3, -0.25) is 0 Å². The summed E-state index contributed by atoms with van der Waals surface area (Å²) >= 11 is 0. The Morgan fingerprint density at radius 1 is 1.37 bits per heavy atom. The number of ether oxygens (including phenoxy) is 2. The van der Waals surface area contributed by atoms with Crippen molar-refractivity contribution in [1.29, 1.82) is 0 Å². The summed E-state index contributed by atoms with van der Waals surface area (Å²) in [5, 5.41) is 0. The van der Waals surface area contributed by atoms with Crippen LogP contribution in [-0.2, 0) is 4.74 Å². The highest BCUT2D eigenvalue weighted by atomic mass is 19.4. The Bertz CT molecular complexity index is 446. The summed E-state index contributed by atoms with van der Waals surface area (Å²) in [6, 6.07) is 3.25. The Balaban J connectivity index is 2.73. The number of hydrogen-bond donors (Lipinski definition) is 1. The largest absolute Gasteiger partial charge is 0.573 e. The fraction of sp³-hybridized carbons (Fsp3) is 0.417. The Morgan fingerprint density at radius 2 is 2.05 bits per heavy atom. The Labute approximate surface area is 108 Å². The maximum atomic E-state index is 12.0. The third-order valence-electron chi connectivity index (χ3n) is 2.20. The number of hydrogen-bond acceptors (Lipinski definition) is 4. The predicted molar refractivity (Wildman–Crippen MR) is 62.7 cm³/mol. The van der Waals surface area contributed by atoms with E-state index in [4.69, 9.17) is 10.5 Å². The minimum Gasteiger partial charge on any atom is -0.462 e. The van der Waals surface area contributed by atoms with E-state index in [0.717, 1.165) is 25.0 Å². The molecule has 0 amide bonds. The first kappa shape index (κ1) is 15.1. The molecule has 2 N–H and O–H groups in total. The molecule has 0 spiro atoms. The van der Waals surface area contributed by atoms with Crippen LogP contribution < -0.4 is 10.5 Å². The van der Waals surface area contributed by atoms with Crippen LogP contribution in [0.3, 0.4) is 0 Å². The molecule has 1 aromatic rings. The molecule has 106 valence electrons. The number of esters is 1. The van der Waals surface area contributed by atoms with Gasteiger partial charge in [-0.1, -0.05) is 13.3 Å². The van der Waals surface area contributed by atoms with Gasteiger partial charge in [-0.25, -0.2) is 4.79 Å². The van der Waals surface area contributed by atoms with Crippen molar-refractivity contribution < 1.29 is 27.4 Å². The number of anilines is 1. The summed E-state index contributed by atoms with van der Waals surface area (Å²) in [6.45, 7) is 2.20. The number of halogens is 3. The number of rotatable bonds is 5. The van der Waals surface area contributed by atoms with Gasteiger partial charge in [-0.2, -0.15) is 0 Å². The molecule has 0 aromatic heterocycles. The van der Waals surface area contributed by atoms with Crippen molar-refractivity contribution in [2.45, 2.75) is 26.1 Å². The van der Waals surface area contributed by atoms with E-state index in [1.807, 2.05) is 6.92 Å². The summed E-state index contributed by atoms with van der Waals surface area (Å²) in [6.07, 6.45) is -3.23. The van der Waals surface area contributed by atoms with E-state index in [1.165, 1.54) is 6.07 Å². The van der Waals surface area contributed by atoms with Gasteiger partial charge < -0.3 is 15.2 Å². The van der Waals surface area contributed by atoms with Crippen LogP contribution in [0.15, 0.2) is 18.2 Å². The van der Waals surface area contributed by atoms with E-state index >= 15 is 0 Å². The molecule has 0 heterocycles. The van der Waals surface area contributed by atoms with Crippen molar-refractivity contribution in [2.75, 3.05) is 12.3 Å². The fourth-order valence-electron chi connectivity index (χ4n) is 1.29. The molecule has 0 atom stereocenters. The van der Waals surface area contributed by atoms with E-state index in [2.05, 4.69) is 4.74 Å². The normalized spacial score (nSPS) is 11.2. The molecule has 19 heavy (non-hydrogen) atoms. The van der Waals surface area contributed by atoms with E-state index in [0.29, 0.717) is 0 Å². The summed E-state index contributed by atoms with van der Waals surface area (Å²) in [5.41, 5.74) is 5.20. The number of carbonyl (C=O) groups is 1. The minimum absolute atomic E-state index is 0.0862. The lowest BCUT2D eigenvalue weighted by Gasteiger charge is -2.11. The van der Waals surface area contributed by atoms with Gasteiger partial charge in [0.1, 0.15) is 0 Å².